The molecule has 96 valence electrons. The Kier molecular flexibility index (Phi) is 3.00. The smallest absolute Gasteiger partial charge is 0.118 e. The number of methoxy groups -OCH3 is 1. The zero-order valence-electron chi connectivity index (χ0n) is 10.7. The van der Waals surface area contributed by atoms with Crippen LogP contribution >= 0.6 is 0 Å². The molecule has 3 fully saturated rings. The number of hydrogen-bond acceptors (Lipinski definition) is 3. The van der Waals surface area contributed by atoms with E-state index >= 15 is 0 Å². The Morgan fingerprint density at radius 2 is 1.89 bits per heavy atom. The van der Waals surface area contributed by atoms with E-state index in [1.807, 2.05) is 24.3 Å². The summed E-state index contributed by atoms with van der Waals surface area (Å²) >= 11 is 0. The fourth-order valence-electron chi connectivity index (χ4n) is 2.95. The lowest BCUT2D eigenvalue weighted by molar-refractivity contribution is 0.0215. The lowest BCUT2D eigenvalue weighted by Gasteiger charge is -2.45. The molecular formula is C15H19NO2. The molecule has 1 atom stereocenters. The molecule has 0 amide bonds. The molecule has 4 rings (SSSR count). The minimum Gasteiger partial charge on any atom is -0.497 e. The van der Waals surface area contributed by atoms with Crippen LogP contribution in [-0.4, -0.2) is 36.3 Å². The van der Waals surface area contributed by atoms with Gasteiger partial charge in [-0.3, -0.25) is 0 Å². The summed E-state index contributed by atoms with van der Waals surface area (Å²) in [6.45, 7) is 2.17. The topological polar surface area (TPSA) is 32.7 Å². The van der Waals surface area contributed by atoms with Crippen molar-refractivity contribution < 1.29 is 9.84 Å². The fourth-order valence-corrected chi connectivity index (χ4v) is 2.95. The molecular weight excluding hydrogens is 226 g/mol. The van der Waals surface area contributed by atoms with Gasteiger partial charge in [0.15, 0.2) is 0 Å². The lowest BCUT2D eigenvalue weighted by atomic mass is 9.83. The van der Waals surface area contributed by atoms with Crippen molar-refractivity contribution in [2.45, 2.75) is 18.9 Å². The van der Waals surface area contributed by atoms with Crippen molar-refractivity contribution >= 4 is 6.08 Å². The highest BCUT2D eigenvalue weighted by Crippen LogP contribution is 2.35. The van der Waals surface area contributed by atoms with Gasteiger partial charge >= 0.3 is 0 Å². The van der Waals surface area contributed by atoms with Crippen LogP contribution in [-0.2, 0) is 0 Å². The second-order valence-electron chi connectivity index (χ2n) is 5.11. The van der Waals surface area contributed by atoms with Crippen LogP contribution in [0.25, 0.3) is 6.08 Å². The fraction of sp³-hybridized carbons (Fsp3) is 0.467. The van der Waals surface area contributed by atoms with E-state index in [1.165, 1.54) is 0 Å². The summed E-state index contributed by atoms with van der Waals surface area (Å²) in [6.07, 6.45) is 4.08. The lowest BCUT2D eigenvalue weighted by Crippen LogP contribution is -2.48. The van der Waals surface area contributed by atoms with Crippen molar-refractivity contribution in [1.29, 1.82) is 0 Å². The van der Waals surface area contributed by atoms with Crippen LogP contribution in [0.5, 0.6) is 5.75 Å². The van der Waals surface area contributed by atoms with Gasteiger partial charge < -0.3 is 14.7 Å². The molecule has 0 aromatic heterocycles. The van der Waals surface area contributed by atoms with Crippen molar-refractivity contribution in [2.24, 2.45) is 5.92 Å². The molecule has 0 unspecified atom stereocenters. The Balaban J connectivity index is 1.86. The van der Waals surface area contributed by atoms with Crippen molar-refractivity contribution in [3.8, 4) is 5.75 Å². The number of nitrogens with zero attached hydrogens (tertiary/aromatic N) is 1. The minimum absolute atomic E-state index is 0.283. The van der Waals surface area contributed by atoms with Crippen LogP contribution in [0.15, 0.2) is 30.0 Å². The first kappa shape index (κ1) is 11.6. The van der Waals surface area contributed by atoms with Crippen LogP contribution in [0.2, 0.25) is 0 Å². The van der Waals surface area contributed by atoms with E-state index in [0.29, 0.717) is 5.92 Å². The molecule has 3 heteroatoms. The van der Waals surface area contributed by atoms with Gasteiger partial charge in [-0.2, -0.15) is 0 Å². The monoisotopic (exact) mass is 245 g/mol. The molecule has 0 saturated carbocycles. The zero-order chi connectivity index (χ0) is 12.5. The number of piperidine rings is 3. The number of hydrogen-bond donors (Lipinski definition) is 1. The average molecular weight is 245 g/mol. The second kappa shape index (κ2) is 4.65. The highest BCUT2D eigenvalue weighted by Gasteiger charge is 2.36. The number of fused-ring (bicyclic) bond motifs is 3. The highest BCUT2D eigenvalue weighted by molar-refractivity contribution is 5.55. The van der Waals surface area contributed by atoms with E-state index in [9.17, 15) is 5.11 Å². The molecule has 0 radical (unpaired) electrons. The molecule has 1 aromatic carbocycles. The quantitative estimate of drug-likeness (QED) is 0.866. The van der Waals surface area contributed by atoms with Crippen molar-refractivity contribution in [3.63, 3.8) is 0 Å². The van der Waals surface area contributed by atoms with E-state index in [2.05, 4.69) is 11.0 Å². The summed E-state index contributed by atoms with van der Waals surface area (Å²) in [5, 5.41) is 10.3. The summed E-state index contributed by atoms with van der Waals surface area (Å²) in [6, 6.07) is 7.97. The Morgan fingerprint density at radius 1 is 1.22 bits per heavy atom. The molecule has 3 saturated heterocycles. The van der Waals surface area contributed by atoms with Gasteiger partial charge in [-0.25, -0.2) is 0 Å². The molecule has 18 heavy (non-hydrogen) atoms. The maximum Gasteiger partial charge on any atom is 0.118 e. The third-order valence-corrected chi connectivity index (χ3v) is 4.08. The average Bonchev–Trinajstić information content (AvgIpc) is 2.44. The summed E-state index contributed by atoms with van der Waals surface area (Å²) in [5.41, 5.74) is 2.21. The number of aliphatic hydroxyl groups is 1. The summed E-state index contributed by atoms with van der Waals surface area (Å²) < 4.78 is 5.15. The first-order valence-electron chi connectivity index (χ1n) is 6.56. The predicted octanol–water partition coefficient (Wildman–Crippen LogP) is 2.12. The van der Waals surface area contributed by atoms with Gasteiger partial charge in [0.25, 0.3) is 0 Å². The standard InChI is InChI=1S/C15H19NO2/c1-18-13-4-2-11(3-5-13)10-14-15(17)12-6-8-16(14)9-7-12/h2-5,10,12,15,17H,6-9H2,1H3/b14-10-/t15-/m1/s1. The SMILES string of the molecule is COc1ccc(/C=C2/[C@H](O)C3CCN2CC3)cc1. The largest absolute Gasteiger partial charge is 0.497 e. The van der Waals surface area contributed by atoms with Crippen LogP contribution in [0, 0.1) is 5.92 Å². The number of ether oxygens (including phenoxy) is 1. The third kappa shape index (κ3) is 1.99. The van der Waals surface area contributed by atoms with E-state index < -0.39 is 0 Å². The van der Waals surface area contributed by atoms with Crippen LogP contribution in [0.3, 0.4) is 0 Å². The van der Waals surface area contributed by atoms with Crippen LogP contribution in [0.4, 0.5) is 0 Å². The molecule has 3 nitrogen and oxygen atoms in total. The summed E-state index contributed by atoms with van der Waals surface area (Å²) in [7, 11) is 1.67. The van der Waals surface area contributed by atoms with Crippen molar-refractivity contribution in [2.75, 3.05) is 20.2 Å². The van der Waals surface area contributed by atoms with Gasteiger partial charge in [0.2, 0.25) is 0 Å². The maximum atomic E-state index is 10.3. The Labute approximate surface area is 108 Å². The minimum atomic E-state index is -0.283. The highest BCUT2D eigenvalue weighted by atomic mass is 16.5. The molecule has 2 bridgehead atoms. The van der Waals surface area contributed by atoms with Crippen LogP contribution < -0.4 is 4.74 Å². The summed E-state index contributed by atoms with van der Waals surface area (Å²) in [4.78, 5) is 2.31. The summed E-state index contributed by atoms with van der Waals surface area (Å²) in [5.74, 6) is 1.32. The van der Waals surface area contributed by atoms with E-state index in [0.717, 1.165) is 42.9 Å². The van der Waals surface area contributed by atoms with E-state index in [4.69, 9.17) is 4.74 Å². The van der Waals surface area contributed by atoms with E-state index in [-0.39, 0.29) is 6.10 Å². The number of rotatable bonds is 2. The van der Waals surface area contributed by atoms with Crippen LogP contribution in [0.1, 0.15) is 18.4 Å². The number of aliphatic hydroxyl groups excluding tert-OH is 1. The van der Waals surface area contributed by atoms with Crippen molar-refractivity contribution in [3.05, 3.63) is 35.5 Å². The predicted molar refractivity (Wildman–Crippen MR) is 71.3 cm³/mol. The van der Waals surface area contributed by atoms with E-state index in [1.54, 1.807) is 7.11 Å². The molecule has 1 aromatic rings. The second-order valence-corrected chi connectivity index (χ2v) is 5.11. The van der Waals surface area contributed by atoms with Crippen molar-refractivity contribution in [1.82, 2.24) is 4.90 Å². The molecule has 3 aliphatic heterocycles. The molecule has 1 N–H and O–H groups in total. The molecule has 3 heterocycles. The van der Waals surface area contributed by atoms with Gasteiger partial charge in [-0.15, -0.1) is 0 Å². The van der Waals surface area contributed by atoms with Gasteiger partial charge in [-0.1, -0.05) is 12.1 Å². The van der Waals surface area contributed by atoms with Gasteiger partial charge in [0, 0.05) is 18.8 Å². The van der Waals surface area contributed by atoms with Gasteiger partial charge in [0.1, 0.15) is 5.75 Å². The Morgan fingerprint density at radius 3 is 2.44 bits per heavy atom. The maximum absolute atomic E-state index is 10.3. The normalized spacial score (nSPS) is 28.8. The van der Waals surface area contributed by atoms with Gasteiger partial charge in [-0.05, 0) is 42.5 Å². The molecule has 0 spiro atoms. The zero-order valence-corrected chi connectivity index (χ0v) is 10.7. The number of benzene rings is 1. The first-order valence-corrected chi connectivity index (χ1v) is 6.56. The molecule has 3 aliphatic rings. The Bertz CT molecular complexity index is 440. The Hall–Kier alpha value is -1.48. The van der Waals surface area contributed by atoms with Gasteiger partial charge in [0.05, 0.1) is 13.2 Å². The third-order valence-electron chi connectivity index (χ3n) is 4.08. The first-order chi connectivity index (χ1) is 8.78. The molecule has 0 aliphatic carbocycles.